The van der Waals surface area contributed by atoms with Crippen molar-refractivity contribution in [2.24, 2.45) is 5.92 Å². The maximum Gasteiger partial charge on any atom is 0.0991 e. The van der Waals surface area contributed by atoms with Gasteiger partial charge in [-0.05, 0) is 36.6 Å². The molecule has 1 aliphatic carbocycles. The average Bonchev–Trinajstić information content (AvgIpc) is 3.17. The number of benzene rings is 1. The van der Waals surface area contributed by atoms with Crippen LogP contribution < -0.4 is 5.32 Å². The highest BCUT2D eigenvalue weighted by molar-refractivity contribution is 5.34. The van der Waals surface area contributed by atoms with E-state index in [0.717, 1.165) is 24.7 Å². The fourth-order valence-corrected chi connectivity index (χ4v) is 3.04. The van der Waals surface area contributed by atoms with Crippen LogP contribution in [0.5, 0.6) is 0 Å². The molecule has 1 fully saturated rings. The fourth-order valence-electron chi connectivity index (χ4n) is 3.04. The number of nitrogens with one attached hydrogen (secondary N) is 1. The van der Waals surface area contributed by atoms with E-state index in [4.69, 9.17) is 0 Å². The number of aromatic nitrogens is 2. The molecule has 3 nitrogen and oxygen atoms in total. The van der Waals surface area contributed by atoms with Crippen LogP contribution in [0.3, 0.4) is 0 Å². The second-order valence-electron chi connectivity index (χ2n) is 5.75. The van der Waals surface area contributed by atoms with Crippen molar-refractivity contribution in [3.63, 3.8) is 0 Å². The lowest BCUT2D eigenvalue weighted by Gasteiger charge is -2.10. The van der Waals surface area contributed by atoms with Crippen LogP contribution in [0.2, 0.25) is 0 Å². The molecule has 0 radical (unpaired) electrons. The van der Waals surface area contributed by atoms with Crippen LogP contribution in [0.1, 0.15) is 37.7 Å². The van der Waals surface area contributed by atoms with Crippen LogP contribution in [0.15, 0.2) is 43.0 Å². The number of nitrogens with zero attached hydrogens (tertiary/aromatic N) is 2. The molecule has 2 aromatic rings. The number of hydrogen-bond acceptors (Lipinski definition) is 2. The van der Waals surface area contributed by atoms with Gasteiger partial charge >= 0.3 is 0 Å². The molecule has 106 valence electrons. The van der Waals surface area contributed by atoms with E-state index in [1.54, 1.807) is 6.20 Å². The van der Waals surface area contributed by atoms with Gasteiger partial charge in [0.25, 0.3) is 0 Å². The third-order valence-corrected chi connectivity index (χ3v) is 4.27. The van der Waals surface area contributed by atoms with E-state index in [-0.39, 0.29) is 0 Å². The Bertz CT molecular complexity index is 496. The minimum absolute atomic E-state index is 0.969. The molecule has 20 heavy (non-hydrogen) atoms. The van der Waals surface area contributed by atoms with E-state index >= 15 is 0 Å². The molecule has 0 atom stereocenters. The van der Waals surface area contributed by atoms with Crippen molar-refractivity contribution in [3.8, 4) is 5.69 Å². The average molecular weight is 269 g/mol. The molecule has 1 aromatic heterocycles. The number of hydrogen-bond donors (Lipinski definition) is 1. The molecule has 0 unspecified atom stereocenters. The quantitative estimate of drug-likeness (QED) is 0.813. The minimum Gasteiger partial charge on any atom is -0.313 e. The van der Waals surface area contributed by atoms with E-state index in [9.17, 15) is 0 Å². The van der Waals surface area contributed by atoms with Crippen LogP contribution in [0.4, 0.5) is 0 Å². The number of rotatable bonds is 6. The summed E-state index contributed by atoms with van der Waals surface area (Å²) in [5, 5.41) is 3.56. The van der Waals surface area contributed by atoms with Crippen molar-refractivity contribution in [2.45, 2.75) is 38.6 Å². The second kappa shape index (κ2) is 6.71. The molecular formula is C17H23N3. The Balaban J connectivity index is 1.43. The van der Waals surface area contributed by atoms with E-state index in [1.807, 2.05) is 17.1 Å². The van der Waals surface area contributed by atoms with Gasteiger partial charge in [-0.15, -0.1) is 0 Å². The molecule has 1 heterocycles. The van der Waals surface area contributed by atoms with Gasteiger partial charge < -0.3 is 9.88 Å². The molecule has 0 bridgehead atoms. The normalized spacial score (nSPS) is 15.8. The molecule has 1 aromatic carbocycles. The van der Waals surface area contributed by atoms with Crippen LogP contribution in [0, 0.1) is 5.92 Å². The third kappa shape index (κ3) is 3.48. The van der Waals surface area contributed by atoms with Gasteiger partial charge in [-0.3, -0.25) is 0 Å². The summed E-state index contributed by atoms with van der Waals surface area (Å²) < 4.78 is 2.03. The Morgan fingerprint density at radius 1 is 1.15 bits per heavy atom. The summed E-state index contributed by atoms with van der Waals surface area (Å²) in [4.78, 5) is 4.07. The summed E-state index contributed by atoms with van der Waals surface area (Å²) in [5.41, 5.74) is 2.51. The van der Waals surface area contributed by atoms with Gasteiger partial charge in [-0.2, -0.15) is 0 Å². The highest BCUT2D eigenvalue weighted by atomic mass is 15.0. The summed E-state index contributed by atoms with van der Waals surface area (Å²) in [6.07, 6.45) is 12.7. The first kappa shape index (κ1) is 13.4. The first-order valence-corrected chi connectivity index (χ1v) is 7.70. The van der Waals surface area contributed by atoms with Crippen molar-refractivity contribution < 1.29 is 0 Å². The first-order valence-electron chi connectivity index (χ1n) is 7.70. The largest absolute Gasteiger partial charge is 0.313 e. The van der Waals surface area contributed by atoms with Crippen LogP contribution in [-0.4, -0.2) is 16.1 Å². The van der Waals surface area contributed by atoms with Gasteiger partial charge in [0.1, 0.15) is 0 Å². The summed E-state index contributed by atoms with van der Waals surface area (Å²) in [6, 6.07) is 8.68. The maximum absolute atomic E-state index is 4.07. The minimum atomic E-state index is 0.969. The summed E-state index contributed by atoms with van der Waals surface area (Å²) in [5.74, 6) is 0.978. The first-order chi connectivity index (χ1) is 9.92. The van der Waals surface area contributed by atoms with Gasteiger partial charge in [0.05, 0.1) is 6.33 Å². The molecule has 3 rings (SSSR count). The van der Waals surface area contributed by atoms with Crippen molar-refractivity contribution in [1.29, 1.82) is 0 Å². The lowest BCUT2D eigenvalue weighted by atomic mass is 10.0. The van der Waals surface area contributed by atoms with Crippen molar-refractivity contribution in [1.82, 2.24) is 14.9 Å². The Kier molecular flexibility index (Phi) is 4.49. The Morgan fingerprint density at radius 2 is 1.95 bits per heavy atom. The zero-order valence-electron chi connectivity index (χ0n) is 12.0. The number of imidazole rings is 1. The zero-order chi connectivity index (χ0) is 13.6. The smallest absolute Gasteiger partial charge is 0.0991 e. The van der Waals surface area contributed by atoms with E-state index in [1.165, 1.54) is 37.7 Å². The third-order valence-electron chi connectivity index (χ3n) is 4.27. The second-order valence-corrected chi connectivity index (χ2v) is 5.75. The van der Waals surface area contributed by atoms with Gasteiger partial charge in [0.2, 0.25) is 0 Å². The molecular weight excluding hydrogens is 246 g/mol. The van der Waals surface area contributed by atoms with Crippen LogP contribution >= 0.6 is 0 Å². The predicted molar refractivity (Wildman–Crippen MR) is 81.8 cm³/mol. The highest BCUT2D eigenvalue weighted by Crippen LogP contribution is 2.26. The summed E-state index contributed by atoms with van der Waals surface area (Å²) in [6.45, 7) is 2.12. The Hall–Kier alpha value is -1.61. The maximum atomic E-state index is 4.07. The van der Waals surface area contributed by atoms with Gasteiger partial charge in [-0.1, -0.05) is 37.8 Å². The van der Waals surface area contributed by atoms with Crippen molar-refractivity contribution in [3.05, 3.63) is 48.5 Å². The SMILES string of the molecule is c1cn(-c2ccc(CNCCC3CCCC3)cc2)cn1. The van der Waals surface area contributed by atoms with Crippen LogP contribution in [0.25, 0.3) is 5.69 Å². The summed E-state index contributed by atoms with van der Waals surface area (Å²) >= 11 is 0. The highest BCUT2D eigenvalue weighted by Gasteiger charge is 2.13. The molecule has 0 saturated heterocycles. The molecule has 0 aliphatic heterocycles. The van der Waals surface area contributed by atoms with Crippen molar-refractivity contribution in [2.75, 3.05) is 6.54 Å². The fraction of sp³-hybridized carbons (Fsp3) is 0.471. The lowest BCUT2D eigenvalue weighted by Crippen LogP contribution is -2.17. The topological polar surface area (TPSA) is 29.9 Å². The van der Waals surface area contributed by atoms with E-state index in [2.05, 4.69) is 34.6 Å². The van der Waals surface area contributed by atoms with Crippen molar-refractivity contribution >= 4 is 0 Å². The Labute approximate surface area is 121 Å². The monoisotopic (exact) mass is 269 g/mol. The standard InChI is InChI=1S/C17H23N3/c1-2-4-15(3-1)9-10-18-13-16-5-7-17(8-6-16)20-12-11-19-14-20/h5-8,11-12,14-15,18H,1-4,9-10,13H2. The molecule has 0 spiro atoms. The molecule has 0 amide bonds. The van der Waals surface area contributed by atoms with Gasteiger partial charge in [-0.25, -0.2) is 4.98 Å². The predicted octanol–water partition coefficient (Wildman–Crippen LogP) is 3.54. The Morgan fingerprint density at radius 3 is 2.65 bits per heavy atom. The van der Waals surface area contributed by atoms with Crippen LogP contribution in [-0.2, 0) is 6.54 Å². The molecule has 3 heteroatoms. The zero-order valence-corrected chi connectivity index (χ0v) is 12.0. The van der Waals surface area contributed by atoms with E-state index < -0.39 is 0 Å². The van der Waals surface area contributed by atoms with Gasteiger partial charge in [0.15, 0.2) is 0 Å². The molecule has 1 aliphatic rings. The van der Waals surface area contributed by atoms with Gasteiger partial charge in [0, 0.05) is 24.6 Å². The molecule has 1 N–H and O–H groups in total. The summed E-state index contributed by atoms with van der Waals surface area (Å²) in [7, 11) is 0. The van der Waals surface area contributed by atoms with E-state index in [0.29, 0.717) is 0 Å². The molecule has 1 saturated carbocycles. The lowest BCUT2D eigenvalue weighted by molar-refractivity contribution is 0.477.